The highest BCUT2D eigenvalue weighted by Crippen LogP contribution is 2.40. The number of hydrogen-bond acceptors (Lipinski definition) is 8. The summed E-state index contributed by atoms with van der Waals surface area (Å²) in [6, 6.07) is 8.66. The lowest BCUT2D eigenvalue weighted by Gasteiger charge is -2.34. The smallest absolute Gasteiger partial charge is 0.257 e. The minimum absolute atomic E-state index is 0.0442. The molecule has 7 rings (SSSR count). The number of halogens is 1. The first-order chi connectivity index (χ1) is 19.8. The van der Waals surface area contributed by atoms with Crippen LogP contribution in [0.1, 0.15) is 47.9 Å². The van der Waals surface area contributed by atoms with Gasteiger partial charge < -0.3 is 23.9 Å². The number of benzene rings is 1. The van der Waals surface area contributed by atoms with Crippen molar-refractivity contribution >= 4 is 34.6 Å². The first-order valence-electron chi connectivity index (χ1n) is 14.3. The van der Waals surface area contributed by atoms with Gasteiger partial charge >= 0.3 is 0 Å². The number of ether oxygens (including phenoxy) is 1. The summed E-state index contributed by atoms with van der Waals surface area (Å²) in [6.45, 7) is 7.21. The van der Waals surface area contributed by atoms with Gasteiger partial charge in [-0.1, -0.05) is 13.0 Å². The Morgan fingerprint density at radius 1 is 1.12 bits per heavy atom. The molecule has 1 saturated carbocycles. The van der Waals surface area contributed by atoms with E-state index in [2.05, 4.69) is 22.0 Å². The minimum atomic E-state index is -1.45. The van der Waals surface area contributed by atoms with E-state index in [0.29, 0.717) is 29.2 Å². The number of amides is 3. The van der Waals surface area contributed by atoms with Gasteiger partial charge in [-0.05, 0) is 49.1 Å². The van der Waals surface area contributed by atoms with Crippen LogP contribution in [0.25, 0.3) is 11.1 Å². The standard InChI is InChI=1S/C30H32FN5O5/c1-2-34-9-11-35(12-10-34)24-8-7-21-20(32-24)13-23(41-21)30(14-25(37)33-29(30)39)17-36-15-19-5-6-22(40-16-18-3-4-18)27(31)26(19)28(36)38/h5-8,13,18H,2-4,9-12,14-17H2,1H3,(H,33,37,39)/t30-/m1/s1. The minimum Gasteiger partial charge on any atom is -0.490 e. The number of hydrogen-bond donors (Lipinski definition) is 1. The number of nitrogens with one attached hydrogen (secondary N) is 1. The van der Waals surface area contributed by atoms with E-state index in [1.807, 2.05) is 12.1 Å². The van der Waals surface area contributed by atoms with Gasteiger partial charge in [0.25, 0.3) is 5.91 Å². The number of furan rings is 1. The van der Waals surface area contributed by atoms with Crippen molar-refractivity contribution in [3.05, 3.63) is 53.0 Å². The first-order valence-corrected chi connectivity index (χ1v) is 14.3. The Balaban J connectivity index is 1.17. The topological polar surface area (TPSA) is 108 Å². The molecule has 10 nitrogen and oxygen atoms in total. The van der Waals surface area contributed by atoms with E-state index in [4.69, 9.17) is 14.1 Å². The third-order valence-electron chi connectivity index (χ3n) is 8.81. The largest absolute Gasteiger partial charge is 0.490 e. The molecule has 2 saturated heterocycles. The van der Waals surface area contributed by atoms with Crippen molar-refractivity contribution in [3.8, 4) is 5.75 Å². The summed E-state index contributed by atoms with van der Waals surface area (Å²) in [5, 5.41) is 2.38. The molecule has 11 heteroatoms. The number of imide groups is 1. The molecule has 0 radical (unpaired) electrons. The third-order valence-corrected chi connectivity index (χ3v) is 8.81. The fourth-order valence-corrected chi connectivity index (χ4v) is 6.12. The van der Waals surface area contributed by atoms with Gasteiger partial charge in [-0.15, -0.1) is 0 Å². The summed E-state index contributed by atoms with van der Waals surface area (Å²) in [5.41, 5.74) is 0.0791. The van der Waals surface area contributed by atoms with Crippen LogP contribution in [0.2, 0.25) is 0 Å². The number of piperazine rings is 1. The fourth-order valence-electron chi connectivity index (χ4n) is 6.12. The number of pyridine rings is 1. The zero-order chi connectivity index (χ0) is 28.3. The Labute approximate surface area is 236 Å². The number of rotatable bonds is 8. The Hall–Kier alpha value is -3.99. The molecule has 0 bridgehead atoms. The maximum atomic E-state index is 15.4. The SMILES string of the molecule is CCN1CCN(c2ccc3oc([C@]4(CN5Cc6ccc(OCC7CC7)c(F)c6C5=O)CC(=O)NC4=O)cc3n2)CC1. The summed E-state index contributed by atoms with van der Waals surface area (Å²) in [4.78, 5) is 50.1. The van der Waals surface area contributed by atoms with E-state index >= 15 is 4.39 Å². The van der Waals surface area contributed by atoms with Crippen LogP contribution in [0.3, 0.4) is 0 Å². The number of anilines is 1. The number of likely N-dealkylation sites (N-methyl/N-ethyl adjacent to an activating group) is 1. The van der Waals surface area contributed by atoms with Crippen LogP contribution in [-0.2, 0) is 21.5 Å². The summed E-state index contributed by atoms with van der Waals surface area (Å²) in [7, 11) is 0. The van der Waals surface area contributed by atoms with Crippen LogP contribution < -0.4 is 15.0 Å². The number of aromatic nitrogens is 1. The van der Waals surface area contributed by atoms with Crippen LogP contribution in [-0.4, -0.2) is 78.4 Å². The lowest BCUT2D eigenvalue weighted by atomic mass is 9.82. The number of fused-ring (bicyclic) bond motifs is 2. The Bertz CT molecular complexity index is 1560. The van der Waals surface area contributed by atoms with Crippen molar-refractivity contribution in [1.29, 1.82) is 0 Å². The van der Waals surface area contributed by atoms with E-state index in [1.165, 1.54) is 4.90 Å². The molecule has 2 aromatic heterocycles. The van der Waals surface area contributed by atoms with Gasteiger partial charge in [0.15, 0.2) is 17.1 Å². The summed E-state index contributed by atoms with van der Waals surface area (Å²) in [6.07, 6.45) is 1.95. The molecular weight excluding hydrogens is 529 g/mol. The zero-order valence-corrected chi connectivity index (χ0v) is 23.0. The average molecular weight is 562 g/mol. The Morgan fingerprint density at radius 3 is 2.63 bits per heavy atom. The van der Waals surface area contributed by atoms with Crippen molar-refractivity contribution in [1.82, 2.24) is 20.1 Å². The van der Waals surface area contributed by atoms with E-state index in [-0.39, 0.29) is 36.6 Å². The van der Waals surface area contributed by atoms with Crippen LogP contribution in [0.15, 0.2) is 34.7 Å². The molecule has 1 N–H and O–H groups in total. The fraction of sp³-hybridized carbons (Fsp3) is 0.467. The predicted molar refractivity (Wildman–Crippen MR) is 147 cm³/mol. The van der Waals surface area contributed by atoms with E-state index in [9.17, 15) is 14.4 Å². The van der Waals surface area contributed by atoms with Crippen molar-refractivity contribution in [2.75, 3.05) is 50.8 Å². The summed E-state index contributed by atoms with van der Waals surface area (Å²) in [5.74, 6) is -0.644. The molecule has 41 heavy (non-hydrogen) atoms. The molecule has 1 aliphatic carbocycles. The normalized spacial score (nSPS) is 23.0. The molecule has 1 atom stereocenters. The second-order valence-corrected chi connectivity index (χ2v) is 11.5. The van der Waals surface area contributed by atoms with Gasteiger partial charge in [0.2, 0.25) is 11.8 Å². The molecule has 4 aliphatic rings. The second-order valence-electron chi connectivity index (χ2n) is 11.5. The van der Waals surface area contributed by atoms with E-state index in [1.54, 1.807) is 18.2 Å². The van der Waals surface area contributed by atoms with E-state index in [0.717, 1.165) is 51.4 Å². The Kier molecular flexibility index (Phi) is 6.22. The molecule has 0 spiro atoms. The highest BCUT2D eigenvalue weighted by atomic mass is 19.1. The maximum Gasteiger partial charge on any atom is 0.257 e. The predicted octanol–water partition coefficient (Wildman–Crippen LogP) is 2.84. The molecule has 1 aromatic carbocycles. The summed E-state index contributed by atoms with van der Waals surface area (Å²) >= 11 is 0. The van der Waals surface area contributed by atoms with Gasteiger partial charge in [0.05, 0.1) is 18.6 Å². The van der Waals surface area contributed by atoms with Gasteiger partial charge in [0.1, 0.15) is 22.5 Å². The number of nitrogens with zero attached hydrogens (tertiary/aromatic N) is 4. The second kappa shape index (κ2) is 9.83. The van der Waals surface area contributed by atoms with Crippen LogP contribution in [0.4, 0.5) is 10.2 Å². The van der Waals surface area contributed by atoms with E-state index < -0.39 is 29.0 Å². The van der Waals surface area contributed by atoms with Gasteiger partial charge in [-0.2, -0.15) is 0 Å². The molecular formula is C30H32FN5O5. The van der Waals surface area contributed by atoms with Crippen molar-refractivity contribution < 1.29 is 27.9 Å². The highest BCUT2D eigenvalue weighted by Gasteiger charge is 2.53. The van der Waals surface area contributed by atoms with Crippen molar-refractivity contribution in [3.63, 3.8) is 0 Å². The lowest BCUT2D eigenvalue weighted by molar-refractivity contribution is -0.127. The quantitative estimate of drug-likeness (QED) is 0.419. The number of carbonyl (C=O) groups excluding carboxylic acids is 3. The summed E-state index contributed by atoms with van der Waals surface area (Å²) < 4.78 is 27.2. The molecule has 3 aliphatic heterocycles. The monoisotopic (exact) mass is 561 g/mol. The lowest BCUT2D eigenvalue weighted by Crippen LogP contribution is -2.46. The van der Waals surface area contributed by atoms with Crippen LogP contribution >= 0.6 is 0 Å². The molecule has 0 unspecified atom stereocenters. The molecule has 3 amide bonds. The molecule has 214 valence electrons. The van der Waals surface area contributed by atoms with Gasteiger partial charge in [-0.3, -0.25) is 19.7 Å². The molecule has 5 heterocycles. The number of carbonyl (C=O) groups is 3. The van der Waals surface area contributed by atoms with Gasteiger partial charge in [0, 0.05) is 45.3 Å². The molecule has 3 aromatic rings. The molecule has 3 fully saturated rings. The van der Waals surface area contributed by atoms with Crippen LogP contribution in [0.5, 0.6) is 5.75 Å². The van der Waals surface area contributed by atoms with Crippen molar-refractivity contribution in [2.24, 2.45) is 5.92 Å². The van der Waals surface area contributed by atoms with Crippen molar-refractivity contribution in [2.45, 2.75) is 38.1 Å². The average Bonchev–Trinajstić information content (AvgIpc) is 3.50. The Morgan fingerprint density at radius 2 is 1.93 bits per heavy atom. The van der Waals surface area contributed by atoms with Gasteiger partial charge in [-0.25, -0.2) is 9.37 Å². The highest BCUT2D eigenvalue weighted by molar-refractivity contribution is 6.10. The zero-order valence-electron chi connectivity index (χ0n) is 23.0. The van der Waals surface area contributed by atoms with Crippen LogP contribution in [0, 0.1) is 11.7 Å². The first kappa shape index (κ1) is 25.9. The maximum absolute atomic E-state index is 15.4. The third kappa shape index (κ3) is 4.52.